The second-order valence-electron chi connectivity index (χ2n) is 9.88. The molecule has 0 N–H and O–H groups in total. The second kappa shape index (κ2) is 9.92. The fourth-order valence-electron chi connectivity index (χ4n) is 5.52. The third-order valence-corrected chi connectivity index (χ3v) is 6.70. The molecule has 0 atom stereocenters. The van der Waals surface area contributed by atoms with Crippen LogP contribution < -0.4 is 4.90 Å². The maximum atomic E-state index is 13.2. The molecule has 0 aromatic heterocycles. The molecule has 1 amide bonds. The molecule has 0 saturated heterocycles. The average molecular weight is 462 g/mol. The van der Waals surface area contributed by atoms with Crippen LogP contribution in [0.3, 0.4) is 0 Å². The standard InChI is InChI=1S/C33H35NO/c1-21-15-23(3)32(24(4)16-21)29-13-14-31(30(20-29)19-28-11-9-8-10-12-28)34(27(7)35)33-25(5)17-22(2)18-26(33)6/h8-18,20H,19H2,1-7H3. The highest BCUT2D eigenvalue weighted by Gasteiger charge is 2.22. The molecule has 4 rings (SSSR count). The summed E-state index contributed by atoms with van der Waals surface area (Å²) in [6.45, 7) is 14.5. The summed E-state index contributed by atoms with van der Waals surface area (Å²) >= 11 is 0. The number of benzene rings is 4. The number of aryl methyl sites for hydroxylation is 6. The summed E-state index contributed by atoms with van der Waals surface area (Å²) in [5, 5.41) is 0. The number of hydrogen-bond acceptors (Lipinski definition) is 1. The smallest absolute Gasteiger partial charge is 0.228 e. The molecule has 4 aromatic rings. The zero-order valence-corrected chi connectivity index (χ0v) is 22.0. The molecule has 0 aliphatic heterocycles. The quantitative estimate of drug-likeness (QED) is 0.292. The van der Waals surface area contributed by atoms with Gasteiger partial charge in [-0.2, -0.15) is 0 Å². The molecule has 0 fully saturated rings. The summed E-state index contributed by atoms with van der Waals surface area (Å²) < 4.78 is 0. The zero-order chi connectivity index (χ0) is 25.3. The van der Waals surface area contributed by atoms with E-state index < -0.39 is 0 Å². The van der Waals surface area contributed by atoms with Crippen LogP contribution in [0.2, 0.25) is 0 Å². The Morgan fingerprint density at radius 1 is 0.686 bits per heavy atom. The molecule has 0 unspecified atom stereocenters. The van der Waals surface area contributed by atoms with E-state index in [9.17, 15) is 4.79 Å². The van der Waals surface area contributed by atoms with E-state index in [1.165, 1.54) is 38.9 Å². The van der Waals surface area contributed by atoms with Crippen LogP contribution in [-0.2, 0) is 11.2 Å². The first kappa shape index (κ1) is 24.5. The number of anilines is 2. The normalized spacial score (nSPS) is 10.9. The van der Waals surface area contributed by atoms with Gasteiger partial charge in [0.1, 0.15) is 0 Å². The largest absolute Gasteiger partial charge is 0.280 e. The number of rotatable bonds is 5. The SMILES string of the molecule is CC(=O)N(c1ccc(-c2c(C)cc(C)cc2C)cc1Cc1ccccc1)c1c(C)cc(C)cc1C. The van der Waals surface area contributed by atoms with E-state index in [1.54, 1.807) is 6.92 Å². The molecule has 0 spiro atoms. The predicted molar refractivity (Wildman–Crippen MR) is 149 cm³/mol. The molecule has 178 valence electrons. The third kappa shape index (κ3) is 5.07. The maximum Gasteiger partial charge on any atom is 0.228 e. The lowest BCUT2D eigenvalue weighted by molar-refractivity contribution is -0.115. The molecule has 0 aliphatic carbocycles. The van der Waals surface area contributed by atoms with Gasteiger partial charge in [-0.25, -0.2) is 0 Å². The van der Waals surface area contributed by atoms with Crippen LogP contribution >= 0.6 is 0 Å². The summed E-state index contributed by atoms with van der Waals surface area (Å²) in [5.41, 5.74) is 14.0. The van der Waals surface area contributed by atoms with Gasteiger partial charge in [0.15, 0.2) is 0 Å². The fourth-order valence-corrected chi connectivity index (χ4v) is 5.52. The fraction of sp³-hybridized carbons (Fsp3) is 0.242. The minimum absolute atomic E-state index is 0.0183. The number of nitrogens with zero attached hydrogens (tertiary/aromatic N) is 1. The topological polar surface area (TPSA) is 20.3 Å². The van der Waals surface area contributed by atoms with E-state index in [0.29, 0.717) is 0 Å². The highest BCUT2D eigenvalue weighted by Crippen LogP contribution is 2.38. The predicted octanol–water partition coefficient (Wildman–Crippen LogP) is 8.48. The van der Waals surface area contributed by atoms with Crippen molar-refractivity contribution < 1.29 is 4.79 Å². The van der Waals surface area contributed by atoms with Crippen molar-refractivity contribution in [2.45, 2.75) is 54.9 Å². The first-order valence-corrected chi connectivity index (χ1v) is 12.3. The summed E-state index contributed by atoms with van der Waals surface area (Å²) in [6, 6.07) is 25.9. The first-order chi connectivity index (χ1) is 16.7. The highest BCUT2D eigenvalue weighted by molar-refractivity contribution is 6.01. The molecule has 0 aliphatic rings. The summed E-state index contributed by atoms with van der Waals surface area (Å²) in [5.74, 6) is 0.0183. The molecule has 35 heavy (non-hydrogen) atoms. The molecule has 0 radical (unpaired) electrons. The molecule has 2 nitrogen and oxygen atoms in total. The maximum absolute atomic E-state index is 13.2. The lowest BCUT2D eigenvalue weighted by Gasteiger charge is -2.28. The van der Waals surface area contributed by atoms with Gasteiger partial charge in [0, 0.05) is 6.92 Å². The Balaban J connectivity index is 1.95. The Kier molecular flexibility index (Phi) is 6.93. The van der Waals surface area contributed by atoms with Gasteiger partial charge in [0.25, 0.3) is 0 Å². The van der Waals surface area contributed by atoms with Gasteiger partial charge in [0.2, 0.25) is 5.91 Å². The van der Waals surface area contributed by atoms with Gasteiger partial charge >= 0.3 is 0 Å². The number of carbonyl (C=O) groups excluding carboxylic acids is 1. The van der Waals surface area contributed by atoms with Gasteiger partial charge in [-0.3, -0.25) is 9.69 Å². The van der Waals surface area contributed by atoms with Crippen LogP contribution in [0.4, 0.5) is 11.4 Å². The van der Waals surface area contributed by atoms with Crippen LogP contribution in [0.5, 0.6) is 0 Å². The van der Waals surface area contributed by atoms with E-state index in [2.05, 4.69) is 108 Å². The number of hydrogen-bond donors (Lipinski definition) is 0. The Labute approximate surface area is 210 Å². The summed E-state index contributed by atoms with van der Waals surface area (Å²) in [6.07, 6.45) is 0.752. The van der Waals surface area contributed by atoms with E-state index in [4.69, 9.17) is 0 Å². The van der Waals surface area contributed by atoms with E-state index >= 15 is 0 Å². The van der Waals surface area contributed by atoms with E-state index in [-0.39, 0.29) is 5.91 Å². The number of carbonyl (C=O) groups is 1. The van der Waals surface area contributed by atoms with Gasteiger partial charge in [-0.15, -0.1) is 0 Å². The molecular weight excluding hydrogens is 426 g/mol. The molecule has 4 aromatic carbocycles. The molecule has 0 bridgehead atoms. The lowest BCUT2D eigenvalue weighted by atomic mass is 9.91. The first-order valence-electron chi connectivity index (χ1n) is 12.3. The van der Waals surface area contributed by atoms with Crippen molar-refractivity contribution >= 4 is 17.3 Å². The summed E-state index contributed by atoms with van der Waals surface area (Å²) in [4.78, 5) is 15.1. The van der Waals surface area contributed by atoms with Crippen LogP contribution in [0.15, 0.2) is 72.8 Å². The van der Waals surface area contributed by atoms with Crippen molar-refractivity contribution in [3.05, 3.63) is 117 Å². The van der Waals surface area contributed by atoms with Crippen molar-refractivity contribution in [2.75, 3.05) is 4.90 Å². The Morgan fingerprint density at radius 3 is 1.77 bits per heavy atom. The average Bonchev–Trinajstić information content (AvgIpc) is 2.76. The Hall–Kier alpha value is -3.65. The minimum atomic E-state index is 0.0183. The van der Waals surface area contributed by atoms with Crippen LogP contribution in [-0.4, -0.2) is 5.91 Å². The van der Waals surface area contributed by atoms with Crippen molar-refractivity contribution in [1.29, 1.82) is 0 Å². The van der Waals surface area contributed by atoms with Gasteiger partial charge in [0.05, 0.1) is 11.4 Å². The minimum Gasteiger partial charge on any atom is -0.280 e. The van der Waals surface area contributed by atoms with Gasteiger partial charge in [-0.05, 0) is 105 Å². The lowest BCUT2D eigenvalue weighted by Crippen LogP contribution is -2.26. The third-order valence-electron chi connectivity index (χ3n) is 6.70. The zero-order valence-electron chi connectivity index (χ0n) is 22.0. The van der Waals surface area contributed by atoms with Crippen molar-refractivity contribution in [3.8, 4) is 11.1 Å². The van der Waals surface area contributed by atoms with E-state index in [1.807, 2.05) is 11.0 Å². The van der Waals surface area contributed by atoms with Crippen molar-refractivity contribution in [2.24, 2.45) is 0 Å². The van der Waals surface area contributed by atoms with Crippen LogP contribution in [0.1, 0.15) is 51.4 Å². The van der Waals surface area contributed by atoms with Gasteiger partial charge in [-0.1, -0.05) is 71.8 Å². The monoisotopic (exact) mass is 461 g/mol. The van der Waals surface area contributed by atoms with Crippen LogP contribution in [0, 0.1) is 41.5 Å². The highest BCUT2D eigenvalue weighted by atomic mass is 16.2. The second-order valence-corrected chi connectivity index (χ2v) is 9.88. The van der Waals surface area contributed by atoms with Crippen molar-refractivity contribution in [1.82, 2.24) is 0 Å². The molecule has 0 saturated carbocycles. The Morgan fingerprint density at radius 2 is 1.23 bits per heavy atom. The number of amides is 1. The van der Waals surface area contributed by atoms with Gasteiger partial charge < -0.3 is 0 Å². The Bertz CT molecular complexity index is 1350. The molecule has 0 heterocycles. The van der Waals surface area contributed by atoms with Crippen LogP contribution in [0.25, 0.3) is 11.1 Å². The van der Waals surface area contributed by atoms with E-state index in [0.717, 1.165) is 34.5 Å². The molecule has 2 heteroatoms. The summed E-state index contributed by atoms with van der Waals surface area (Å²) in [7, 11) is 0. The molecular formula is C33H35NO. The van der Waals surface area contributed by atoms with Crippen molar-refractivity contribution in [3.63, 3.8) is 0 Å².